The van der Waals surface area contributed by atoms with Crippen molar-refractivity contribution in [3.05, 3.63) is 0 Å². The van der Waals surface area contributed by atoms with Crippen LogP contribution in [0.1, 0.15) is 25.7 Å². The molecule has 6 heteroatoms. The monoisotopic (exact) mass is 269 g/mol. The van der Waals surface area contributed by atoms with Crippen molar-refractivity contribution in [1.82, 2.24) is 10.2 Å². The Labute approximate surface area is 113 Å². The van der Waals surface area contributed by atoms with E-state index in [0.29, 0.717) is 26.1 Å². The van der Waals surface area contributed by atoms with Crippen molar-refractivity contribution < 1.29 is 14.3 Å². The van der Waals surface area contributed by atoms with Crippen molar-refractivity contribution in [1.29, 1.82) is 0 Å². The maximum atomic E-state index is 12.2. The molecule has 6 nitrogen and oxygen atoms in total. The Morgan fingerprint density at radius 3 is 2.74 bits per heavy atom. The summed E-state index contributed by atoms with van der Waals surface area (Å²) in [6.07, 6.45) is 3.23. The number of hydrogen-bond acceptors (Lipinski definition) is 4. The molecule has 0 spiro atoms. The van der Waals surface area contributed by atoms with E-state index in [-0.39, 0.29) is 23.8 Å². The average Bonchev–Trinajstić information content (AvgIpc) is 2.86. The fourth-order valence-corrected chi connectivity index (χ4v) is 2.61. The van der Waals surface area contributed by atoms with Gasteiger partial charge in [-0.05, 0) is 25.8 Å². The Bertz CT molecular complexity index is 327. The van der Waals surface area contributed by atoms with Crippen LogP contribution in [0, 0.1) is 5.92 Å². The molecule has 0 saturated carbocycles. The van der Waals surface area contributed by atoms with Gasteiger partial charge >= 0.3 is 0 Å². The number of likely N-dealkylation sites (tertiary alicyclic amines) is 1. The highest BCUT2D eigenvalue weighted by Gasteiger charge is 2.33. The van der Waals surface area contributed by atoms with E-state index in [9.17, 15) is 9.59 Å². The number of rotatable bonds is 5. The van der Waals surface area contributed by atoms with Crippen LogP contribution in [0.25, 0.3) is 0 Å². The number of carbonyl (C=O) groups excluding carboxylic acids is 2. The van der Waals surface area contributed by atoms with E-state index in [1.165, 1.54) is 0 Å². The molecule has 2 aliphatic rings. The second-order valence-electron chi connectivity index (χ2n) is 5.24. The lowest BCUT2D eigenvalue weighted by atomic mass is 10.0. The third kappa shape index (κ3) is 3.91. The smallest absolute Gasteiger partial charge is 0.227 e. The van der Waals surface area contributed by atoms with Crippen molar-refractivity contribution in [3.8, 4) is 0 Å². The van der Waals surface area contributed by atoms with Gasteiger partial charge in [-0.3, -0.25) is 9.59 Å². The van der Waals surface area contributed by atoms with Crippen molar-refractivity contribution in [2.24, 2.45) is 11.7 Å². The van der Waals surface area contributed by atoms with Gasteiger partial charge in [0, 0.05) is 32.7 Å². The van der Waals surface area contributed by atoms with Gasteiger partial charge in [-0.25, -0.2) is 0 Å². The van der Waals surface area contributed by atoms with Crippen LogP contribution in [0.4, 0.5) is 0 Å². The number of nitrogens with zero attached hydrogens (tertiary/aromatic N) is 1. The number of amides is 2. The van der Waals surface area contributed by atoms with Gasteiger partial charge < -0.3 is 20.7 Å². The maximum Gasteiger partial charge on any atom is 0.227 e. The molecule has 0 aromatic heterocycles. The molecular formula is C13H23N3O3. The van der Waals surface area contributed by atoms with Gasteiger partial charge in [0.15, 0.2) is 0 Å². The van der Waals surface area contributed by atoms with Crippen LogP contribution < -0.4 is 11.1 Å². The van der Waals surface area contributed by atoms with Crippen LogP contribution in [-0.2, 0) is 14.3 Å². The Balaban J connectivity index is 1.70. The summed E-state index contributed by atoms with van der Waals surface area (Å²) in [6.45, 7) is 3.31. The van der Waals surface area contributed by atoms with Gasteiger partial charge in [0.1, 0.15) is 0 Å². The molecule has 2 heterocycles. The Kier molecular flexibility index (Phi) is 5.15. The van der Waals surface area contributed by atoms with Gasteiger partial charge in [0.2, 0.25) is 11.8 Å². The topological polar surface area (TPSA) is 84.7 Å². The predicted octanol–water partition coefficient (Wildman–Crippen LogP) is -0.521. The highest BCUT2D eigenvalue weighted by Crippen LogP contribution is 2.19. The summed E-state index contributed by atoms with van der Waals surface area (Å²) >= 11 is 0. The highest BCUT2D eigenvalue weighted by molar-refractivity contribution is 5.89. The van der Waals surface area contributed by atoms with E-state index in [1.54, 1.807) is 0 Å². The predicted molar refractivity (Wildman–Crippen MR) is 70.3 cm³/mol. The summed E-state index contributed by atoms with van der Waals surface area (Å²) in [5.41, 5.74) is 5.42. The molecule has 2 fully saturated rings. The first kappa shape index (κ1) is 14.3. The molecule has 2 aliphatic heterocycles. The number of nitrogens with one attached hydrogen (secondary N) is 1. The molecule has 0 bridgehead atoms. The summed E-state index contributed by atoms with van der Waals surface area (Å²) in [5.74, 6) is -0.0701. The largest absolute Gasteiger partial charge is 0.378 e. The standard InChI is InChI=1S/C13H23N3O3/c14-4-1-7-19-11-2-5-16(6-3-11)13(18)10-8-12(17)15-9-10/h10-11H,1-9,14H2,(H,15,17). The Morgan fingerprint density at radius 1 is 1.42 bits per heavy atom. The number of ether oxygens (including phenoxy) is 1. The molecule has 0 aromatic carbocycles. The fraction of sp³-hybridized carbons (Fsp3) is 0.846. The van der Waals surface area contributed by atoms with E-state index in [2.05, 4.69) is 5.32 Å². The second kappa shape index (κ2) is 6.86. The molecule has 108 valence electrons. The molecule has 19 heavy (non-hydrogen) atoms. The van der Waals surface area contributed by atoms with E-state index in [1.807, 2.05) is 4.90 Å². The minimum Gasteiger partial charge on any atom is -0.378 e. The van der Waals surface area contributed by atoms with Gasteiger partial charge in [0.05, 0.1) is 12.0 Å². The number of piperidine rings is 1. The van der Waals surface area contributed by atoms with Gasteiger partial charge in [-0.15, -0.1) is 0 Å². The third-order valence-electron chi connectivity index (χ3n) is 3.78. The number of hydrogen-bond donors (Lipinski definition) is 2. The van der Waals surface area contributed by atoms with Crippen LogP contribution in [0.5, 0.6) is 0 Å². The molecule has 2 saturated heterocycles. The van der Waals surface area contributed by atoms with Crippen LogP contribution in [0.2, 0.25) is 0 Å². The minimum absolute atomic E-state index is 0.0154. The SMILES string of the molecule is NCCCOC1CCN(C(=O)C2CNC(=O)C2)CC1. The molecule has 0 aliphatic carbocycles. The van der Waals surface area contributed by atoms with Gasteiger partial charge in [0.25, 0.3) is 0 Å². The Hall–Kier alpha value is -1.14. The molecule has 2 rings (SSSR count). The summed E-state index contributed by atoms with van der Waals surface area (Å²) in [5, 5.41) is 2.71. The van der Waals surface area contributed by atoms with E-state index in [0.717, 1.165) is 32.4 Å². The maximum absolute atomic E-state index is 12.2. The van der Waals surface area contributed by atoms with Gasteiger partial charge in [-0.1, -0.05) is 0 Å². The molecule has 1 unspecified atom stereocenters. The van der Waals surface area contributed by atoms with Gasteiger partial charge in [-0.2, -0.15) is 0 Å². The zero-order valence-corrected chi connectivity index (χ0v) is 11.3. The summed E-state index contributed by atoms with van der Waals surface area (Å²) < 4.78 is 5.71. The fourth-order valence-electron chi connectivity index (χ4n) is 2.61. The van der Waals surface area contributed by atoms with Crippen molar-refractivity contribution in [2.75, 3.05) is 32.8 Å². The molecule has 2 amide bonds. The minimum atomic E-state index is -0.165. The number of nitrogens with two attached hydrogens (primary N) is 1. The second-order valence-corrected chi connectivity index (χ2v) is 5.24. The lowest BCUT2D eigenvalue weighted by molar-refractivity contribution is -0.138. The van der Waals surface area contributed by atoms with Crippen LogP contribution >= 0.6 is 0 Å². The van der Waals surface area contributed by atoms with Crippen LogP contribution in [0.3, 0.4) is 0 Å². The van der Waals surface area contributed by atoms with Crippen molar-refractivity contribution in [3.63, 3.8) is 0 Å². The normalized spacial score (nSPS) is 24.6. The quantitative estimate of drug-likeness (QED) is 0.658. The molecule has 3 N–H and O–H groups in total. The van der Waals surface area contributed by atoms with Crippen molar-refractivity contribution in [2.45, 2.75) is 31.8 Å². The van der Waals surface area contributed by atoms with E-state index < -0.39 is 0 Å². The molecular weight excluding hydrogens is 246 g/mol. The van der Waals surface area contributed by atoms with E-state index >= 15 is 0 Å². The highest BCUT2D eigenvalue weighted by atomic mass is 16.5. The van der Waals surface area contributed by atoms with Crippen LogP contribution in [-0.4, -0.2) is 55.6 Å². The summed E-state index contributed by atoms with van der Waals surface area (Å²) in [7, 11) is 0. The first-order valence-electron chi connectivity index (χ1n) is 7.08. The Morgan fingerprint density at radius 2 is 2.16 bits per heavy atom. The first-order chi connectivity index (χ1) is 9.20. The first-order valence-corrected chi connectivity index (χ1v) is 7.08. The van der Waals surface area contributed by atoms with Crippen LogP contribution in [0.15, 0.2) is 0 Å². The average molecular weight is 269 g/mol. The molecule has 1 atom stereocenters. The number of carbonyl (C=O) groups is 2. The lowest BCUT2D eigenvalue weighted by Gasteiger charge is -2.33. The molecule has 0 radical (unpaired) electrons. The van der Waals surface area contributed by atoms with E-state index in [4.69, 9.17) is 10.5 Å². The molecule has 0 aromatic rings. The zero-order chi connectivity index (χ0) is 13.7. The van der Waals surface area contributed by atoms with Crippen molar-refractivity contribution >= 4 is 11.8 Å². The third-order valence-corrected chi connectivity index (χ3v) is 3.78. The zero-order valence-electron chi connectivity index (χ0n) is 11.3. The summed E-state index contributed by atoms with van der Waals surface area (Å²) in [4.78, 5) is 25.2. The summed E-state index contributed by atoms with van der Waals surface area (Å²) in [6, 6.07) is 0. The lowest BCUT2D eigenvalue weighted by Crippen LogP contribution is -2.44.